The van der Waals surface area contributed by atoms with Gasteiger partial charge in [0.2, 0.25) is 5.91 Å². The van der Waals surface area contributed by atoms with Gasteiger partial charge in [-0.3, -0.25) is 4.79 Å². The lowest BCUT2D eigenvalue weighted by molar-refractivity contribution is -0.119. The Morgan fingerprint density at radius 2 is 1.64 bits per heavy atom. The van der Waals surface area contributed by atoms with Crippen molar-refractivity contribution in [3.63, 3.8) is 0 Å². The minimum Gasteiger partial charge on any atom is -0.491 e. The molecule has 0 spiro atoms. The summed E-state index contributed by atoms with van der Waals surface area (Å²) in [6.45, 7) is 11.0. The average Bonchev–Trinajstić information content (AvgIpc) is 2.52. The second-order valence-electron chi connectivity index (χ2n) is 6.71. The zero-order valence-electron chi connectivity index (χ0n) is 15.8. The van der Waals surface area contributed by atoms with Crippen LogP contribution in [0.15, 0.2) is 36.4 Å². The van der Waals surface area contributed by atoms with Crippen LogP contribution in [0.25, 0.3) is 0 Å². The van der Waals surface area contributed by atoms with Crippen molar-refractivity contribution >= 4 is 11.6 Å². The van der Waals surface area contributed by atoms with Crippen LogP contribution in [0, 0.1) is 20.8 Å². The van der Waals surface area contributed by atoms with Gasteiger partial charge in [-0.15, -0.1) is 0 Å². The Kier molecular flexibility index (Phi) is 6.45. The highest BCUT2D eigenvalue weighted by molar-refractivity contribution is 5.81. The summed E-state index contributed by atoms with van der Waals surface area (Å²) in [5.41, 5.74) is 5.63. The Morgan fingerprint density at radius 1 is 1.04 bits per heavy atom. The second-order valence-corrected chi connectivity index (χ2v) is 6.71. The van der Waals surface area contributed by atoms with Crippen molar-refractivity contribution in [3.8, 4) is 5.75 Å². The highest BCUT2D eigenvalue weighted by atomic mass is 16.5. The van der Waals surface area contributed by atoms with Gasteiger partial charge < -0.3 is 15.4 Å². The quantitative estimate of drug-likeness (QED) is 0.797. The fraction of sp³-hybridized carbons (Fsp3) is 0.381. The van der Waals surface area contributed by atoms with E-state index in [2.05, 4.69) is 43.5 Å². The molecule has 134 valence electrons. The van der Waals surface area contributed by atoms with Gasteiger partial charge in [-0.2, -0.15) is 0 Å². The molecule has 0 aliphatic carbocycles. The normalized spacial score (nSPS) is 10.6. The van der Waals surface area contributed by atoms with E-state index in [0.29, 0.717) is 6.54 Å². The number of rotatable bonds is 7. The van der Waals surface area contributed by atoms with Crippen LogP contribution in [0.3, 0.4) is 0 Å². The number of ether oxygens (including phenoxy) is 1. The summed E-state index contributed by atoms with van der Waals surface area (Å²) in [4.78, 5) is 12.1. The Morgan fingerprint density at radius 3 is 2.20 bits per heavy atom. The first-order valence-corrected chi connectivity index (χ1v) is 8.69. The number of aryl methyl sites for hydroxylation is 3. The third kappa shape index (κ3) is 5.82. The van der Waals surface area contributed by atoms with E-state index < -0.39 is 0 Å². The maximum atomic E-state index is 12.1. The van der Waals surface area contributed by atoms with Crippen LogP contribution in [0.1, 0.15) is 36.1 Å². The number of carbonyl (C=O) groups excluding carboxylic acids is 1. The van der Waals surface area contributed by atoms with Crippen molar-refractivity contribution in [1.29, 1.82) is 0 Å². The first-order valence-electron chi connectivity index (χ1n) is 8.69. The summed E-state index contributed by atoms with van der Waals surface area (Å²) in [6, 6.07) is 12.0. The minimum absolute atomic E-state index is 0.0260. The first kappa shape index (κ1) is 18.8. The molecule has 0 unspecified atom stereocenters. The number of benzene rings is 2. The highest BCUT2D eigenvalue weighted by Crippen LogP contribution is 2.21. The largest absolute Gasteiger partial charge is 0.491 e. The Balaban J connectivity index is 1.83. The molecule has 0 aliphatic rings. The number of nitrogens with one attached hydrogen (secondary N) is 2. The second kappa shape index (κ2) is 8.56. The summed E-state index contributed by atoms with van der Waals surface area (Å²) < 4.78 is 5.62. The van der Waals surface area contributed by atoms with Gasteiger partial charge in [0.25, 0.3) is 0 Å². The SMILES string of the molecule is Cc1cc(C)c(NCC(=O)NCc2ccc(OC(C)C)cc2)c(C)c1. The van der Waals surface area contributed by atoms with Crippen LogP contribution >= 0.6 is 0 Å². The van der Waals surface area contributed by atoms with E-state index in [1.54, 1.807) is 0 Å². The van der Waals surface area contributed by atoms with E-state index >= 15 is 0 Å². The van der Waals surface area contributed by atoms with Crippen LogP contribution in [-0.2, 0) is 11.3 Å². The van der Waals surface area contributed by atoms with Gasteiger partial charge in [0.1, 0.15) is 5.75 Å². The van der Waals surface area contributed by atoms with Crippen molar-refractivity contribution < 1.29 is 9.53 Å². The monoisotopic (exact) mass is 340 g/mol. The van der Waals surface area contributed by atoms with Crippen LogP contribution in [0.2, 0.25) is 0 Å². The fourth-order valence-corrected chi connectivity index (χ4v) is 2.85. The van der Waals surface area contributed by atoms with Crippen molar-refractivity contribution in [1.82, 2.24) is 5.32 Å². The van der Waals surface area contributed by atoms with E-state index in [9.17, 15) is 4.79 Å². The Hall–Kier alpha value is -2.49. The molecule has 0 atom stereocenters. The maximum Gasteiger partial charge on any atom is 0.239 e. The number of hydrogen-bond acceptors (Lipinski definition) is 3. The Bertz CT molecular complexity index is 698. The Labute approximate surface area is 150 Å². The third-order valence-corrected chi connectivity index (χ3v) is 3.89. The molecule has 0 heterocycles. The van der Waals surface area contributed by atoms with Crippen molar-refractivity contribution in [2.75, 3.05) is 11.9 Å². The number of carbonyl (C=O) groups is 1. The van der Waals surface area contributed by atoms with Gasteiger partial charge in [0.15, 0.2) is 0 Å². The van der Waals surface area contributed by atoms with Crippen molar-refractivity contribution in [3.05, 3.63) is 58.7 Å². The number of anilines is 1. The molecule has 0 aliphatic heterocycles. The number of amides is 1. The molecule has 2 N–H and O–H groups in total. The summed E-state index contributed by atoms with van der Waals surface area (Å²) in [6.07, 6.45) is 0.158. The summed E-state index contributed by atoms with van der Waals surface area (Å²) >= 11 is 0. The zero-order chi connectivity index (χ0) is 18.4. The molecule has 0 saturated carbocycles. The highest BCUT2D eigenvalue weighted by Gasteiger charge is 2.06. The molecule has 2 aromatic carbocycles. The van der Waals surface area contributed by atoms with Crippen LogP contribution in [0.4, 0.5) is 5.69 Å². The smallest absolute Gasteiger partial charge is 0.239 e. The summed E-state index contributed by atoms with van der Waals surface area (Å²) in [5, 5.41) is 6.18. The molecule has 25 heavy (non-hydrogen) atoms. The summed E-state index contributed by atoms with van der Waals surface area (Å²) in [7, 11) is 0. The summed E-state index contributed by atoms with van der Waals surface area (Å²) in [5.74, 6) is 0.818. The average molecular weight is 340 g/mol. The molecule has 0 saturated heterocycles. The molecule has 2 rings (SSSR count). The lowest BCUT2D eigenvalue weighted by atomic mass is 10.1. The van der Waals surface area contributed by atoms with Gasteiger partial charge in [-0.05, 0) is 63.4 Å². The van der Waals surface area contributed by atoms with E-state index in [1.165, 1.54) is 5.56 Å². The minimum atomic E-state index is -0.0260. The van der Waals surface area contributed by atoms with Gasteiger partial charge in [0.05, 0.1) is 12.6 Å². The molecule has 0 bridgehead atoms. The molecule has 4 nitrogen and oxygen atoms in total. The lowest BCUT2D eigenvalue weighted by Gasteiger charge is -2.14. The van der Waals surface area contributed by atoms with E-state index in [-0.39, 0.29) is 18.6 Å². The molecular formula is C21H28N2O2. The predicted octanol–water partition coefficient (Wildman–Crippen LogP) is 4.13. The van der Waals surface area contributed by atoms with E-state index in [4.69, 9.17) is 4.74 Å². The molecule has 0 aromatic heterocycles. The molecule has 1 amide bonds. The standard InChI is InChI=1S/C21H28N2O2/c1-14(2)25-19-8-6-18(7-9-19)12-22-20(24)13-23-21-16(4)10-15(3)11-17(21)5/h6-11,14,23H,12-13H2,1-5H3,(H,22,24). The molecule has 0 radical (unpaired) electrons. The maximum absolute atomic E-state index is 12.1. The first-order chi connectivity index (χ1) is 11.8. The molecule has 2 aromatic rings. The predicted molar refractivity (Wildman–Crippen MR) is 103 cm³/mol. The van der Waals surface area contributed by atoms with Crippen LogP contribution in [-0.4, -0.2) is 18.6 Å². The fourth-order valence-electron chi connectivity index (χ4n) is 2.85. The lowest BCUT2D eigenvalue weighted by Crippen LogP contribution is -2.29. The van der Waals surface area contributed by atoms with Crippen molar-refractivity contribution in [2.45, 2.75) is 47.3 Å². The van der Waals surface area contributed by atoms with Crippen LogP contribution in [0.5, 0.6) is 5.75 Å². The van der Waals surface area contributed by atoms with E-state index in [1.807, 2.05) is 38.1 Å². The third-order valence-electron chi connectivity index (χ3n) is 3.89. The molecule has 0 fully saturated rings. The van der Waals surface area contributed by atoms with Gasteiger partial charge >= 0.3 is 0 Å². The van der Waals surface area contributed by atoms with Crippen molar-refractivity contribution in [2.24, 2.45) is 0 Å². The van der Waals surface area contributed by atoms with Gasteiger partial charge in [-0.25, -0.2) is 0 Å². The van der Waals surface area contributed by atoms with Gasteiger partial charge in [0, 0.05) is 12.2 Å². The topological polar surface area (TPSA) is 50.4 Å². The molecular weight excluding hydrogens is 312 g/mol. The molecule has 4 heteroatoms. The number of hydrogen-bond donors (Lipinski definition) is 2. The van der Waals surface area contributed by atoms with Gasteiger partial charge in [-0.1, -0.05) is 29.8 Å². The zero-order valence-corrected chi connectivity index (χ0v) is 15.8. The van der Waals surface area contributed by atoms with E-state index in [0.717, 1.165) is 28.1 Å². The van der Waals surface area contributed by atoms with Crippen LogP contribution < -0.4 is 15.4 Å².